The van der Waals surface area contributed by atoms with Crippen LogP contribution >= 0.6 is 22.9 Å². The fourth-order valence-electron chi connectivity index (χ4n) is 1.44. The number of benzene rings is 1. The molecule has 1 atom stereocenters. The second-order valence-electron chi connectivity index (χ2n) is 3.31. The van der Waals surface area contributed by atoms with E-state index in [2.05, 4.69) is 0 Å². The molecule has 1 heterocycles. The van der Waals surface area contributed by atoms with E-state index >= 15 is 0 Å². The molecule has 0 fully saturated rings. The summed E-state index contributed by atoms with van der Waals surface area (Å²) in [5, 5.41) is 3.39. The zero-order chi connectivity index (χ0) is 11.5. The minimum absolute atomic E-state index is 0.342. The molecule has 1 aromatic carbocycles. The quantitative estimate of drug-likeness (QED) is 0.747. The highest BCUT2D eigenvalue weighted by Gasteiger charge is 2.15. The molecule has 0 aliphatic carbocycles. The van der Waals surface area contributed by atoms with Gasteiger partial charge < -0.3 is 4.74 Å². The van der Waals surface area contributed by atoms with E-state index in [1.54, 1.807) is 23.5 Å². The van der Waals surface area contributed by atoms with Crippen molar-refractivity contribution in [3.63, 3.8) is 0 Å². The summed E-state index contributed by atoms with van der Waals surface area (Å²) in [6, 6.07) is 6.60. The van der Waals surface area contributed by atoms with Crippen LogP contribution in [0.15, 0.2) is 35.0 Å². The summed E-state index contributed by atoms with van der Waals surface area (Å²) in [4.78, 5) is 0. The highest BCUT2D eigenvalue weighted by Crippen LogP contribution is 2.33. The molecule has 0 spiro atoms. The van der Waals surface area contributed by atoms with Crippen LogP contribution in [-0.2, 0) is 0 Å². The Kier molecular flexibility index (Phi) is 3.46. The topological polar surface area (TPSA) is 9.23 Å². The number of thiophene rings is 1. The maximum absolute atomic E-state index is 13.7. The third-order valence-corrected chi connectivity index (χ3v) is 3.51. The van der Waals surface area contributed by atoms with E-state index in [1.807, 2.05) is 16.8 Å². The molecule has 16 heavy (non-hydrogen) atoms. The first-order valence-corrected chi connectivity index (χ1v) is 6.10. The molecule has 84 valence electrons. The molecule has 2 rings (SSSR count). The summed E-state index contributed by atoms with van der Waals surface area (Å²) in [7, 11) is 1.51. The monoisotopic (exact) mass is 256 g/mol. The lowest BCUT2D eigenvalue weighted by Gasteiger charge is -2.10. The lowest BCUT2D eigenvalue weighted by molar-refractivity contribution is 0.411. The number of hydrogen-bond acceptors (Lipinski definition) is 2. The highest BCUT2D eigenvalue weighted by molar-refractivity contribution is 7.08. The van der Waals surface area contributed by atoms with E-state index in [1.165, 1.54) is 13.2 Å². The van der Waals surface area contributed by atoms with Crippen LogP contribution in [0.2, 0.25) is 0 Å². The van der Waals surface area contributed by atoms with E-state index in [0.29, 0.717) is 11.3 Å². The summed E-state index contributed by atoms with van der Waals surface area (Å²) in [5.41, 5.74) is 1.39. The standard InChI is InChI=1S/C12H10ClFOS/c1-15-9-2-3-10(11(14)6-9)12(13)8-4-5-16-7-8/h2-7,12H,1H3. The Morgan fingerprint density at radius 1 is 1.38 bits per heavy atom. The molecule has 1 unspecified atom stereocenters. The second kappa shape index (κ2) is 4.85. The molecule has 0 saturated heterocycles. The Balaban J connectivity index is 2.34. The van der Waals surface area contributed by atoms with Gasteiger partial charge in [0.15, 0.2) is 0 Å². The maximum atomic E-state index is 13.7. The van der Waals surface area contributed by atoms with Gasteiger partial charge in [0, 0.05) is 11.6 Å². The van der Waals surface area contributed by atoms with Gasteiger partial charge in [-0.1, -0.05) is 6.07 Å². The van der Waals surface area contributed by atoms with Crippen LogP contribution in [0.1, 0.15) is 16.5 Å². The second-order valence-corrected chi connectivity index (χ2v) is 4.52. The fraction of sp³-hybridized carbons (Fsp3) is 0.167. The van der Waals surface area contributed by atoms with Gasteiger partial charge in [-0.25, -0.2) is 4.39 Å². The number of alkyl halides is 1. The zero-order valence-electron chi connectivity index (χ0n) is 8.61. The Hall–Kier alpha value is -1.06. The van der Waals surface area contributed by atoms with Gasteiger partial charge in [-0.3, -0.25) is 0 Å². The Bertz CT molecular complexity index is 470. The van der Waals surface area contributed by atoms with Crippen molar-refractivity contribution in [2.24, 2.45) is 0 Å². The fourth-order valence-corrected chi connectivity index (χ4v) is 2.51. The molecule has 1 nitrogen and oxygen atoms in total. The molecule has 0 radical (unpaired) electrons. The number of ether oxygens (including phenoxy) is 1. The van der Waals surface area contributed by atoms with Crippen LogP contribution in [-0.4, -0.2) is 7.11 Å². The predicted octanol–water partition coefficient (Wildman–Crippen LogP) is 4.22. The molecule has 1 aromatic heterocycles. The lowest BCUT2D eigenvalue weighted by Crippen LogP contribution is -1.96. The first-order chi connectivity index (χ1) is 7.72. The molecular weight excluding hydrogens is 247 g/mol. The summed E-state index contributed by atoms with van der Waals surface area (Å²) in [5.74, 6) is 0.154. The maximum Gasteiger partial charge on any atom is 0.131 e. The summed E-state index contributed by atoms with van der Waals surface area (Å²) < 4.78 is 18.7. The van der Waals surface area contributed by atoms with E-state index in [-0.39, 0.29) is 5.82 Å². The summed E-state index contributed by atoms with van der Waals surface area (Å²) in [6.45, 7) is 0. The molecule has 0 aliphatic heterocycles. The molecule has 0 N–H and O–H groups in total. The van der Waals surface area contributed by atoms with Gasteiger partial charge in [-0.05, 0) is 28.5 Å². The minimum atomic E-state index is -0.447. The lowest BCUT2D eigenvalue weighted by atomic mass is 10.1. The van der Waals surface area contributed by atoms with Crippen molar-refractivity contribution in [3.05, 3.63) is 52.0 Å². The van der Waals surface area contributed by atoms with Crippen LogP contribution in [0.5, 0.6) is 5.75 Å². The predicted molar refractivity (Wildman–Crippen MR) is 65.0 cm³/mol. The molecule has 0 saturated carbocycles. The van der Waals surface area contributed by atoms with Crippen molar-refractivity contribution in [1.82, 2.24) is 0 Å². The number of halogens is 2. The summed E-state index contributed by atoms with van der Waals surface area (Å²) >= 11 is 7.74. The van der Waals surface area contributed by atoms with Crippen LogP contribution in [0.4, 0.5) is 4.39 Å². The number of rotatable bonds is 3. The Morgan fingerprint density at radius 2 is 2.19 bits per heavy atom. The van der Waals surface area contributed by atoms with Crippen molar-refractivity contribution >= 4 is 22.9 Å². The van der Waals surface area contributed by atoms with Gasteiger partial charge in [-0.2, -0.15) is 11.3 Å². The van der Waals surface area contributed by atoms with Crippen molar-refractivity contribution in [3.8, 4) is 5.75 Å². The smallest absolute Gasteiger partial charge is 0.131 e. The van der Waals surface area contributed by atoms with Gasteiger partial charge in [0.1, 0.15) is 11.6 Å². The van der Waals surface area contributed by atoms with Gasteiger partial charge in [0.25, 0.3) is 0 Å². The van der Waals surface area contributed by atoms with Crippen molar-refractivity contribution in [2.75, 3.05) is 7.11 Å². The van der Waals surface area contributed by atoms with Crippen molar-refractivity contribution < 1.29 is 9.13 Å². The third kappa shape index (κ3) is 2.20. The molecule has 0 amide bonds. The first-order valence-electron chi connectivity index (χ1n) is 4.72. The van der Waals surface area contributed by atoms with E-state index < -0.39 is 5.38 Å². The molecule has 4 heteroatoms. The Labute approximate surface area is 102 Å². The van der Waals surface area contributed by atoms with Crippen molar-refractivity contribution in [1.29, 1.82) is 0 Å². The molecule has 2 aromatic rings. The van der Waals surface area contributed by atoms with Crippen LogP contribution in [0, 0.1) is 5.82 Å². The highest BCUT2D eigenvalue weighted by atomic mass is 35.5. The average molecular weight is 257 g/mol. The normalized spacial score (nSPS) is 12.4. The number of hydrogen-bond donors (Lipinski definition) is 0. The third-order valence-electron chi connectivity index (χ3n) is 2.32. The minimum Gasteiger partial charge on any atom is -0.497 e. The SMILES string of the molecule is COc1ccc(C(Cl)c2ccsc2)c(F)c1. The summed E-state index contributed by atoms with van der Waals surface area (Å²) in [6.07, 6.45) is 0. The van der Waals surface area contributed by atoms with Crippen LogP contribution in [0.3, 0.4) is 0 Å². The first kappa shape index (κ1) is 11.4. The van der Waals surface area contributed by atoms with Gasteiger partial charge in [0.05, 0.1) is 12.5 Å². The molecule has 0 aliphatic rings. The van der Waals surface area contributed by atoms with E-state index in [0.717, 1.165) is 5.56 Å². The molecule has 0 bridgehead atoms. The molecular formula is C12H10ClFOS. The zero-order valence-corrected chi connectivity index (χ0v) is 10.2. The number of methoxy groups -OCH3 is 1. The van der Waals surface area contributed by atoms with Crippen LogP contribution < -0.4 is 4.74 Å². The van der Waals surface area contributed by atoms with Crippen molar-refractivity contribution in [2.45, 2.75) is 5.38 Å². The van der Waals surface area contributed by atoms with Gasteiger partial charge in [0.2, 0.25) is 0 Å². The van der Waals surface area contributed by atoms with E-state index in [4.69, 9.17) is 16.3 Å². The average Bonchev–Trinajstić information content (AvgIpc) is 2.81. The van der Waals surface area contributed by atoms with Crippen LogP contribution in [0.25, 0.3) is 0 Å². The van der Waals surface area contributed by atoms with E-state index in [9.17, 15) is 4.39 Å². The largest absolute Gasteiger partial charge is 0.497 e. The van der Waals surface area contributed by atoms with Gasteiger partial charge >= 0.3 is 0 Å². The Morgan fingerprint density at radius 3 is 2.75 bits per heavy atom. The van der Waals surface area contributed by atoms with Gasteiger partial charge in [-0.15, -0.1) is 11.6 Å².